The highest BCUT2D eigenvalue weighted by molar-refractivity contribution is 6.21. The number of pyridine rings is 2. The van der Waals surface area contributed by atoms with Crippen LogP contribution in [0.4, 0.5) is 0 Å². The van der Waals surface area contributed by atoms with E-state index in [-0.39, 0.29) is 0 Å². The Kier molecular flexibility index (Phi) is 5.19. The van der Waals surface area contributed by atoms with Gasteiger partial charge in [0.25, 0.3) is 0 Å². The van der Waals surface area contributed by atoms with Crippen molar-refractivity contribution in [2.24, 2.45) is 0 Å². The van der Waals surface area contributed by atoms with Crippen LogP contribution in [0.25, 0.3) is 54.9 Å². The summed E-state index contributed by atoms with van der Waals surface area (Å²) < 4.78 is 0. The second-order valence-corrected chi connectivity index (χ2v) is 8.53. The lowest BCUT2D eigenvalue weighted by Crippen LogP contribution is -1.92. The Morgan fingerprint density at radius 2 is 1.11 bits per heavy atom. The zero-order valence-electron chi connectivity index (χ0n) is 19.2. The van der Waals surface area contributed by atoms with Crippen molar-refractivity contribution in [2.75, 3.05) is 0 Å². The van der Waals surface area contributed by atoms with E-state index in [1.54, 1.807) is 18.6 Å². The topological polar surface area (TPSA) is 73.4 Å². The van der Waals surface area contributed by atoms with Gasteiger partial charge in [0.1, 0.15) is 17.8 Å². The van der Waals surface area contributed by atoms with Crippen molar-refractivity contribution in [3.8, 4) is 45.5 Å². The normalized spacial score (nSPS) is 10.7. The van der Waals surface area contributed by atoms with Crippen LogP contribution in [0.2, 0.25) is 0 Å². The molecule has 0 saturated heterocycles. The molecule has 0 spiro atoms. The van der Waals surface area contributed by atoms with Crippen molar-refractivity contribution in [3.05, 3.63) is 121 Å². The number of fused-ring (bicyclic) bond motifs is 2. The van der Waals surface area contributed by atoms with Crippen LogP contribution in [0.15, 0.2) is 110 Å². The van der Waals surface area contributed by atoms with Gasteiger partial charge < -0.3 is 0 Å². The molecule has 0 aliphatic rings. The molecule has 166 valence electrons. The summed E-state index contributed by atoms with van der Waals surface area (Å²) in [5.41, 5.74) is 7.20. The van der Waals surface area contributed by atoms with Crippen molar-refractivity contribution in [1.29, 1.82) is 10.5 Å². The fourth-order valence-corrected chi connectivity index (χ4v) is 4.89. The first-order valence-electron chi connectivity index (χ1n) is 11.5. The van der Waals surface area contributed by atoms with Gasteiger partial charge in [-0.15, -0.1) is 0 Å². The molecule has 0 saturated carbocycles. The number of benzene rings is 4. The van der Waals surface area contributed by atoms with Gasteiger partial charge in [0, 0.05) is 24.2 Å². The number of aromatic nitrogens is 2. The number of nitrogens with zero attached hydrogens (tertiary/aromatic N) is 4. The molecule has 4 heteroatoms. The Morgan fingerprint density at radius 1 is 0.528 bits per heavy atom. The van der Waals surface area contributed by atoms with Crippen molar-refractivity contribution in [3.63, 3.8) is 0 Å². The van der Waals surface area contributed by atoms with Gasteiger partial charge in [0.15, 0.2) is 0 Å². The molecule has 4 aromatic carbocycles. The molecule has 0 bridgehead atoms. The Morgan fingerprint density at radius 3 is 1.69 bits per heavy atom. The van der Waals surface area contributed by atoms with Gasteiger partial charge in [-0.2, -0.15) is 10.5 Å². The quantitative estimate of drug-likeness (QED) is 0.257. The minimum atomic E-state index is 0.398. The third kappa shape index (κ3) is 3.55. The van der Waals surface area contributed by atoms with Crippen LogP contribution in [0.3, 0.4) is 0 Å². The maximum atomic E-state index is 9.43. The fourth-order valence-electron chi connectivity index (χ4n) is 4.89. The van der Waals surface area contributed by atoms with E-state index in [1.807, 2.05) is 18.2 Å². The van der Waals surface area contributed by atoms with Gasteiger partial charge >= 0.3 is 0 Å². The average molecular weight is 459 g/mol. The fraction of sp³-hybridized carbons (Fsp3) is 0. The molecule has 0 amide bonds. The molecule has 0 atom stereocenters. The van der Waals surface area contributed by atoms with E-state index in [2.05, 4.69) is 94.9 Å². The molecule has 2 heterocycles. The average Bonchev–Trinajstić information content (AvgIpc) is 2.96. The second kappa shape index (κ2) is 8.80. The first-order chi connectivity index (χ1) is 17.8. The Labute approximate surface area is 208 Å². The van der Waals surface area contributed by atoms with E-state index >= 15 is 0 Å². The van der Waals surface area contributed by atoms with E-state index < -0.39 is 0 Å². The van der Waals surface area contributed by atoms with Gasteiger partial charge in [-0.1, -0.05) is 72.8 Å². The van der Waals surface area contributed by atoms with Crippen molar-refractivity contribution in [1.82, 2.24) is 9.97 Å². The summed E-state index contributed by atoms with van der Waals surface area (Å²) in [5, 5.41) is 23.2. The minimum absolute atomic E-state index is 0.398. The lowest BCUT2D eigenvalue weighted by atomic mass is 9.86. The molecule has 2 aromatic heterocycles. The summed E-state index contributed by atoms with van der Waals surface area (Å²) >= 11 is 0. The highest BCUT2D eigenvalue weighted by atomic mass is 14.7. The van der Waals surface area contributed by atoms with Gasteiger partial charge in [0.2, 0.25) is 0 Å². The first-order valence-corrected chi connectivity index (χ1v) is 11.5. The largest absolute Gasteiger partial charge is 0.263 e. The maximum Gasteiger partial charge on any atom is 0.141 e. The van der Waals surface area contributed by atoms with E-state index in [1.165, 1.54) is 0 Å². The lowest BCUT2D eigenvalue weighted by molar-refractivity contribution is 1.27. The number of hydrogen-bond donors (Lipinski definition) is 0. The summed E-state index contributed by atoms with van der Waals surface area (Å²) in [5.74, 6) is 0. The van der Waals surface area contributed by atoms with Crippen molar-refractivity contribution < 1.29 is 0 Å². The lowest BCUT2D eigenvalue weighted by Gasteiger charge is -2.18. The summed E-state index contributed by atoms with van der Waals surface area (Å²) in [6.45, 7) is 0. The zero-order chi connectivity index (χ0) is 24.5. The summed E-state index contributed by atoms with van der Waals surface area (Å²) in [6, 6.07) is 35.2. The monoisotopic (exact) mass is 458 g/mol. The smallest absolute Gasteiger partial charge is 0.141 e. The van der Waals surface area contributed by atoms with E-state index in [0.717, 1.165) is 54.9 Å². The molecular weight excluding hydrogens is 440 g/mol. The number of hydrogen-bond acceptors (Lipinski definition) is 4. The molecule has 0 aliphatic carbocycles. The standard InChI is InChI=1S/C32H18N4/c33-17-21-15-25(20-35-19-21)22-9-11-23(12-10-22)31-27-5-1-3-7-29(27)32(30-8-4-2-6-28(30)31)24-13-14-36-26(16-24)18-34/h1-16,19-20H. The molecule has 0 unspecified atom stereocenters. The summed E-state index contributed by atoms with van der Waals surface area (Å²) in [7, 11) is 0. The van der Waals surface area contributed by atoms with E-state index in [0.29, 0.717) is 11.3 Å². The van der Waals surface area contributed by atoms with Crippen LogP contribution in [0, 0.1) is 22.7 Å². The van der Waals surface area contributed by atoms with Crippen LogP contribution < -0.4 is 0 Å². The maximum absolute atomic E-state index is 9.43. The molecule has 4 nitrogen and oxygen atoms in total. The molecule has 36 heavy (non-hydrogen) atoms. The van der Waals surface area contributed by atoms with Crippen LogP contribution in [-0.4, -0.2) is 9.97 Å². The number of rotatable bonds is 3. The Bertz CT molecular complexity index is 1800. The van der Waals surface area contributed by atoms with Crippen LogP contribution in [-0.2, 0) is 0 Å². The van der Waals surface area contributed by atoms with Crippen molar-refractivity contribution in [2.45, 2.75) is 0 Å². The predicted octanol–water partition coefficient (Wildman–Crippen LogP) is 7.53. The summed E-state index contributed by atoms with van der Waals surface area (Å²) in [6.07, 6.45) is 5.04. The van der Waals surface area contributed by atoms with Crippen LogP contribution >= 0.6 is 0 Å². The summed E-state index contributed by atoms with van der Waals surface area (Å²) in [4.78, 5) is 8.37. The third-order valence-corrected chi connectivity index (χ3v) is 6.47. The molecule has 6 rings (SSSR count). The highest BCUT2D eigenvalue weighted by Gasteiger charge is 2.16. The van der Waals surface area contributed by atoms with Gasteiger partial charge in [-0.25, -0.2) is 4.98 Å². The molecular formula is C32H18N4. The Balaban J connectivity index is 1.61. The van der Waals surface area contributed by atoms with Gasteiger partial charge in [0.05, 0.1) is 5.56 Å². The highest BCUT2D eigenvalue weighted by Crippen LogP contribution is 2.43. The first kappa shape index (κ1) is 21.2. The predicted molar refractivity (Wildman–Crippen MR) is 143 cm³/mol. The van der Waals surface area contributed by atoms with Gasteiger partial charge in [-0.05, 0) is 67.6 Å². The van der Waals surface area contributed by atoms with Crippen molar-refractivity contribution >= 4 is 21.5 Å². The van der Waals surface area contributed by atoms with E-state index in [9.17, 15) is 10.5 Å². The SMILES string of the molecule is N#Cc1cncc(-c2ccc(-c3c4ccccc4c(-c4ccnc(C#N)c4)c4ccccc34)cc2)c1. The van der Waals surface area contributed by atoms with E-state index in [4.69, 9.17) is 0 Å². The molecule has 0 radical (unpaired) electrons. The number of nitriles is 2. The van der Waals surface area contributed by atoms with Crippen LogP contribution in [0.1, 0.15) is 11.3 Å². The van der Waals surface area contributed by atoms with Crippen LogP contribution in [0.5, 0.6) is 0 Å². The third-order valence-electron chi connectivity index (χ3n) is 6.47. The molecule has 6 aromatic rings. The zero-order valence-corrected chi connectivity index (χ0v) is 19.2. The molecule has 0 fully saturated rings. The minimum Gasteiger partial charge on any atom is -0.263 e. The molecule has 0 N–H and O–H groups in total. The second-order valence-electron chi connectivity index (χ2n) is 8.53. The molecule has 0 aliphatic heterocycles. The Hall–Kier alpha value is -5.32. The van der Waals surface area contributed by atoms with Gasteiger partial charge in [-0.3, -0.25) is 4.98 Å².